The molecule has 3 aliphatic rings. The Labute approximate surface area is 172 Å². The van der Waals surface area contributed by atoms with Crippen LogP contribution >= 0.6 is 0 Å². The lowest BCUT2D eigenvalue weighted by atomic mass is 9.73. The first-order valence-electron chi connectivity index (χ1n) is 10.8. The average molecular weight is 398 g/mol. The summed E-state index contributed by atoms with van der Waals surface area (Å²) in [4.78, 5) is 43.6. The first-order chi connectivity index (χ1) is 13.9. The zero-order valence-electron chi connectivity index (χ0n) is 17.6. The minimum Gasteiger partial charge on any atom is -0.368 e. The fourth-order valence-corrected chi connectivity index (χ4v) is 5.15. The molecule has 0 aromatic heterocycles. The molecule has 156 valence electrons. The lowest BCUT2D eigenvalue weighted by Gasteiger charge is -2.37. The zero-order valence-corrected chi connectivity index (χ0v) is 17.6. The van der Waals surface area contributed by atoms with Gasteiger partial charge in [0.25, 0.3) is 0 Å². The van der Waals surface area contributed by atoms with E-state index in [4.69, 9.17) is 0 Å². The van der Waals surface area contributed by atoms with E-state index in [-0.39, 0.29) is 24.3 Å². The Balaban J connectivity index is 1.36. The summed E-state index contributed by atoms with van der Waals surface area (Å²) in [6.07, 6.45) is 5.00. The molecule has 2 aliphatic heterocycles. The standard InChI is InChI=1S/C23H31N3O3/c1-17-7-6-8-19(18(17)2)24-11-13-25(14-12-24)21(28)16-26-20(27)15-23(22(26)29)9-4-3-5-10-23/h6-8H,3-5,9-16H2,1-2H3. The molecule has 0 unspecified atom stereocenters. The fourth-order valence-electron chi connectivity index (χ4n) is 5.15. The highest BCUT2D eigenvalue weighted by atomic mass is 16.2. The predicted octanol–water partition coefficient (Wildman–Crippen LogP) is 2.66. The van der Waals surface area contributed by atoms with E-state index in [0.717, 1.165) is 45.2 Å². The number of imide groups is 1. The van der Waals surface area contributed by atoms with E-state index in [1.54, 1.807) is 4.90 Å². The van der Waals surface area contributed by atoms with Crippen LogP contribution < -0.4 is 4.90 Å². The Bertz CT molecular complexity index is 821. The van der Waals surface area contributed by atoms with Crippen LogP contribution in [0.1, 0.15) is 49.7 Å². The van der Waals surface area contributed by atoms with E-state index < -0.39 is 5.41 Å². The van der Waals surface area contributed by atoms with Gasteiger partial charge >= 0.3 is 0 Å². The van der Waals surface area contributed by atoms with Gasteiger partial charge in [-0.2, -0.15) is 0 Å². The predicted molar refractivity (Wildman–Crippen MR) is 112 cm³/mol. The Morgan fingerprint density at radius 2 is 1.69 bits per heavy atom. The van der Waals surface area contributed by atoms with Crippen LogP contribution in [0.2, 0.25) is 0 Å². The highest BCUT2D eigenvalue weighted by Gasteiger charge is 2.52. The molecule has 2 saturated heterocycles. The highest BCUT2D eigenvalue weighted by Crippen LogP contribution is 2.45. The number of amides is 3. The fraction of sp³-hybridized carbons (Fsp3) is 0.609. The Morgan fingerprint density at radius 3 is 2.38 bits per heavy atom. The monoisotopic (exact) mass is 397 g/mol. The molecular weight excluding hydrogens is 366 g/mol. The number of anilines is 1. The van der Waals surface area contributed by atoms with Crippen molar-refractivity contribution in [3.05, 3.63) is 29.3 Å². The maximum atomic E-state index is 12.9. The molecule has 3 fully saturated rings. The van der Waals surface area contributed by atoms with Gasteiger partial charge in [-0.3, -0.25) is 19.3 Å². The average Bonchev–Trinajstić information content (AvgIpc) is 2.94. The second-order valence-corrected chi connectivity index (χ2v) is 8.89. The van der Waals surface area contributed by atoms with Crippen LogP contribution in [0, 0.1) is 19.3 Å². The van der Waals surface area contributed by atoms with Gasteiger partial charge in [-0.05, 0) is 43.9 Å². The molecule has 0 atom stereocenters. The molecule has 0 bridgehead atoms. The maximum absolute atomic E-state index is 12.9. The number of aryl methyl sites for hydroxylation is 1. The van der Waals surface area contributed by atoms with Gasteiger partial charge in [-0.15, -0.1) is 0 Å². The third kappa shape index (κ3) is 3.65. The van der Waals surface area contributed by atoms with Crippen molar-refractivity contribution in [1.82, 2.24) is 9.80 Å². The summed E-state index contributed by atoms with van der Waals surface area (Å²) in [5, 5.41) is 0. The largest absolute Gasteiger partial charge is 0.368 e. The lowest BCUT2D eigenvalue weighted by Crippen LogP contribution is -2.52. The van der Waals surface area contributed by atoms with Gasteiger partial charge in [-0.25, -0.2) is 0 Å². The number of rotatable bonds is 3. The molecule has 6 heteroatoms. The quantitative estimate of drug-likeness (QED) is 0.736. The summed E-state index contributed by atoms with van der Waals surface area (Å²) in [6, 6.07) is 6.31. The zero-order chi connectivity index (χ0) is 20.6. The molecule has 29 heavy (non-hydrogen) atoms. The van der Waals surface area contributed by atoms with Gasteiger partial charge in [0.1, 0.15) is 6.54 Å². The van der Waals surface area contributed by atoms with Crippen LogP contribution in [0.5, 0.6) is 0 Å². The Kier molecular flexibility index (Phi) is 5.36. The number of carbonyl (C=O) groups is 3. The van der Waals surface area contributed by atoms with E-state index in [1.165, 1.54) is 21.7 Å². The number of hydrogen-bond acceptors (Lipinski definition) is 4. The van der Waals surface area contributed by atoms with Crippen LogP contribution in [-0.4, -0.2) is 60.2 Å². The van der Waals surface area contributed by atoms with Crippen molar-refractivity contribution in [3.63, 3.8) is 0 Å². The summed E-state index contributed by atoms with van der Waals surface area (Å²) in [6.45, 7) is 6.92. The number of likely N-dealkylation sites (tertiary alicyclic amines) is 1. The topological polar surface area (TPSA) is 60.9 Å². The van der Waals surface area contributed by atoms with Crippen molar-refractivity contribution >= 4 is 23.4 Å². The minimum atomic E-state index is -0.517. The van der Waals surface area contributed by atoms with E-state index in [2.05, 4.69) is 36.9 Å². The van der Waals surface area contributed by atoms with E-state index >= 15 is 0 Å². The molecule has 0 radical (unpaired) electrons. The van der Waals surface area contributed by atoms with Gasteiger partial charge in [0.05, 0.1) is 5.41 Å². The molecule has 0 N–H and O–H groups in total. The normalized spacial score (nSPS) is 21.9. The summed E-state index contributed by atoms with van der Waals surface area (Å²) in [5.74, 6) is -0.385. The number of benzene rings is 1. The van der Waals surface area contributed by atoms with Crippen LogP contribution in [-0.2, 0) is 14.4 Å². The van der Waals surface area contributed by atoms with Crippen molar-refractivity contribution in [1.29, 1.82) is 0 Å². The number of hydrogen-bond donors (Lipinski definition) is 0. The van der Waals surface area contributed by atoms with E-state index in [9.17, 15) is 14.4 Å². The lowest BCUT2D eigenvalue weighted by molar-refractivity contribution is -0.148. The SMILES string of the molecule is Cc1cccc(N2CCN(C(=O)CN3C(=O)CC4(CCCCC4)C3=O)CC2)c1C. The van der Waals surface area contributed by atoms with Gasteiger partial charge in [0.2, 0.25) is 17.7 Å². The first-order valence-corrected chi connectivity index (χ1v) is 10.8. The summed E-state index contributed by atoms with van der Waals surface area (Å²) >= 11 is 0. The molecule has 2 heterocycles. The molecule has 1 spiro atoms. The molecule has 1 aliphatic carbocycles. The third-order valence-corrected chi connectivity index (χ3v) is 7.14. The smallest absolute Gasteiger partial charge is 0.242 e. The van der Waals surface area contributed by atoms with Crippen molar-refractivity contribution in [2.24, 2.45) is 5.41 Å². The second kappa shape index (κ2) is 7.81. The summed E-state index contributed by atoms with van der Waals surface area (Å²) in [7, 11) is 0. The molecule has 6 nitrogen and oxygen atoms in total. The highest BCUT2D eigenvalue weighted by molar-refractivity contribution is 6.08. The summed E-state index contributed by atoms with van der Waals surface area (Å²) < 4.78 is 0. The van der Waals surface area contributed by atoms with Crippen LogP contribution in [0.25, 0.3) is 0 Å². The van der Waals surface area contributed by atoms with Gasteiger partial charge < -0.3 is 9.80 Å². The molecule has 1 aromatic rings. The van der Waals surface area contributed by atoms with E-state index in [1.807, 2.05) is 0 Å². The van der Waals surface area contributed by atoms with Crippen molar-refractivity contribution in [2.75, 3.05) is 37.6 Å². The Morgan fingerprint density at radius 1 is 1.00 bits per heavy atom. The van der Waals surface area contributed by atoms with Crippen LogP contribution in [0.4, 0.5) is 5.69 Å². The number of nitrogens with zero attached hydrogens (tertiary/aromatic N) is 3. The molecular formula is C23H31N3O3. The van der Waals surface area contributed by atoms with E-state index in [0.29, 0.717) is 19.5 Å². The molecule has 3 amide bonds. The molecule has 1 saturated carbocycles. The van der Waals surface area contributed by atoms with Crippen molar-refractivity contribution in [3.8, 4) is 0 Å². The van der Waals surface area contributed by atoms with Crippen LogP contribution in [0.15, 0.2) is 18.2 Å². The second-order valence-electron chi connectivity index (χ2n) is 8.89. The molecule has 4 rings (SSSR count). The van der Waals surface area contributed by atoms with Crippen molar-refractivity contribution < 1.29 is 14.4 Å². The molecule has 1 aromatic carbocycles. The minimum absolute atomic E-state index is 0.0944. The first kappa shape index (κ1) is 19.9. The maximum Gasteiger partial charge on any atom is 0.242 e. The van der Waals surface area contributed by atoms with Crippen molar-refractivity contribution in [2.45, 2.75) is 52.4 Å². The van der Waals surface area contributed by atoms with Gasteiger partial charge in [0, 0.05) is 38.3 Å². The van der Waals surface area contributed by atoms with Gasteiger partial charge in [0.15, 0.2) is 0 Å². The Hall–Kier alpha value is -2.37. The van der Waals surface area contributed by atoms with Gasteiger partial charge in [-0.1, -0.05) is 31.4 Å². The van der Waals surface area contributed by atoms with Crippen LogP contribution in [0.3, 0.4) is 0 Å². The summed E-state index contributed by atoms with van der Waals surface area (Å²) in [5.41, 5.74) is 3.25. The third-order valence-electron chi connectivity index (χ3n) is 7.14. The number of carbonyl (C=O) groups excluding carboxylic acids is 3. The number of piperazine rings is 1.